The molecule has 1 aliphatic carbocycles. The summed E-state index contributed by atoms with van der Waals surface area (Å²) in [6.45, 7) is 5.50. The Morgan fingerprint density at radius 2 is 1.31 bits per heavy atom. The van der Waals surface area contributed by atoms with Crippen LogP contribution in [-0.4, -0.2) is 19.0 Å². The van der Waals surface area contributed by atoms with E-state index >= 15 is 0 Å². The highest BCUT2D eigenvalue weighted by Gasteiger charge is 2.48. The molecule has 2 aromatic carbocycles. The predicted molar refractivity (Wildman–Crippen MR) is 121 cm³/mol. The molecule has 0 radical (unpaired) electrons. The lowest BCUT2D eigenvalue weighted by Crippen LogP contribution is -2.40. The van der Waals surface area contributed by atoms with Gasteiger partial charge in [-0.1, -0.05) is 101 Å². The molecule has 0 saturated carbocycles. The summed E-state index contributed by atoms with van der Waals surface area (Å²) in [6, 6.07) is 16.8. The highest BCUT2D eigenvalue weighted by molar-refractivity contribution is 6.01. The number of ether oxygens (including phenoxy) is 1. The first-order chi connectivity index (χ1) is 14.3. The van der Waals surface area contributed by atoms with Gasteiger partial charge in [0.1, 0.15) is 11.2 Å². The molecule has 2 heteroatoms. The Hall–Kier alpha value is -1.93. The van der Waals surface area contributed by atoms with Gasteiger partial charge in [-0.25, -0.2) is 0 Å². The van der Waals surface area contributed by atoms with Crippen molar-refractivity contribution in [3.05, 3.63) is 59.7 Å². The van der Waals surface area contributed by atoms with E-state index in [1.165, 1.54) is 43.2 Å². The van der Waals surface area contributed by atoms with Crippen molar-refractivity contribution >= 4 is 5.78 Å². The first kappa shape index (κ1) is 21.8. The van der Waals surface area contributed by atoms with Crippen molar-refractivity contribution in [3.63, 3.8) is 0 Å². The van der Waals surface area contributed by atoms with Gasteiger partial charge in [0.2, 0.25) is 0 Å². The normalized spacial score (nSPS) is 13.9. The van der Waals surface area contributed by atoms with Crippen LogP contribution in [0.15, 0.2) is 48.5 Å². The molecule has 0 spiro atoms. The fourth-order valence-electron chi connectivity index (χ4n) is 4.69. The van der Waals surface area contributed by atoms with E-state index in [1.54, 1.807) is 0 Å². The second kappa shape index (κ2) is 10.7. The number of hydrogen-bond donors (Lipinski definition) is 0. The Morgan fingerprint density at radius 3 is 1.90 bits per heavy atom. The van der Waals surface area contributed by atoms with Gasteiger partial charge < -0.3 is 4.74 Å². The quantitative estimate of drug-likeness (QED) is 0.340. The van der Waals surface area contributed by atoms with Crippen LogP contribution in [0.1, 0.15) is 82.8 Å². The molecule has 0 aromatic heterocycles. The van der Waals surface area contributed by atoms with E-state index in [1.807, 2.05) is 0 Å². The van der Waals surface area contributed by atoms with Crippen molar-refractivity contribution in [3.8, 4) is 11.1 Å². The van der Waals surface area contributed by atoms with Crippen molar-refractivity contribution in [2.24, 2.45) is 0 Å². The van der Waals surface area contributed by atoms with Crippen LogP contribution in [-0.2, 0) is 14.9 Å². The number of fused-ring (bicyclic) bond motifs is 3. The van der Waals surface area contributed by atoms with E-state index in [0.717, 1.165) is 30.4 Å². The van der Waals surface area contributed by atoms with Gasteiger partial charge in [0.05, 0.1) is 6.61 Å². The zero-order valence-corrected chi connectivity index (χ0v) is 18.2. The third-order valence-electron chi connectivity index (χ3n) is 6.21. The van der Waals surface area contributed by atoms with Crippen LogP contribution in [0.3, 0.4) is 0 Å². The molecular weight excluding hydrogens is 356 g/mol. The molecule has 0 N–H and O–H groups in total. The van der Waals surface area contributed by atoms with Crippen molar-refractivity contribution in [2.75, 3.05) is 13.2 Å². The maximum absolute atomic E-state index is 13.7. The van der Waals surface area contributed by atoms with Gasteiger partial charge in [-0.15, -0.1) is 0 Å². The molecule has 3 rings (SSSR count). The highest BCUT2D eigenvalue weighted by Crippen LogP contribution is 2.50. The van der Waals surface area contributed by atoms with E-state index < -0.39 is 5.41 Å². The number of carbonyl (C=O) groups excluding carboxylic acids is 1. The number of hydrogen-bond acceptors (Lipinski definition) is 2. The number of benzene rings is 2. The van der Waals surface area contributed by atoms with Gasteiger partial charge in [-0.3, -0.25) is 4.79 Å². The lowest BCUT2D eigenvalue weighted by Gasteiger charge is -2.30. The zero-order valence-electron chi connectivity index (χ0n) is 18.2. The van der Waals surface area contributed by atoms with Crippen LogP contribution in [0.25, 0.3) is 11.1 Å². The number of carbonyl (C=O) groups is 1. The van der Waals surface area contributed by atoms with Crippen molar-refractivity contribution in [1.29, 1.82) is 0 Å². The predicted octanol–water partition coefficient (Wildman–Crippen LogP) is 7.09. The second-order valence-corrected chi connectivity index (χ2v) is 8.34. The van der Waals surface area contributed by atoms with Crippen LogP contribution in [0.4, 0.5) is 0 Å². The Labute approximate surface area is 176 Å². The molecule has 1 aliphatic rings. The van der Waals surface area contributed by atoms with Gasteiger partial charge in [0.15, 0.2) is 0 Å². The lowest BCUT2D eigenvalue weighted by molar-refractivity contribution is -0.125. The minimum Gasteiger partial charge on any atom is -0.380 e. The van der Waals surface area contributed by atoms with Crippen molar-refractivity contribution in [1.82, 2.24) is 0 Å². The molecular formula is C27H36O2. The van der Waals surface area contributed by atoms with Crippen LogP contribution in [0, 0.1) is 0 Å². The van der Waals surface area contributed by atoms with Gasteiger partial charge in [-0.05, 0) is 35.1 Å². The molecule has 2 nitrogen and oxygen atoms in total. The number of ketones is 1. The average Bonchev–Trinajstić information content (AvgIpc) is 3.04. The van der Waals surface area contributed by atoms with Crippen LogP contribution < -0.4 is 0 Å². The monoisotopic (exact) mass is 392 g/mol. The van der Waals surface area contributed by atoms with Crippen molar-refractivity contribution < 1.29 is 9.53 Å². The van der Waals surface area contributed by atoms with Crippen LogP contribution in [0.2, 0.25) is 0 Å². The van der Waals surface area contributed by atoms with Crippen LogP contribution in [0.5, 0.6) is 0 Å². The minimum absolute atomic E-state index is 0.319. The molecule has 0 amide bonds. The molecule has 0 saturated heterocycles. The Kier molecular flexibility index (Phi) is 8.06. The summed E-state index contributed by atoms with van der Waals surface area (Å²) in [6.07, 6.45) is 10.2. The Bertz CT molecular complexity index is 747. The molecule has 29 heavy (non-hydrogen) atoms. The maximum Gasteiger partial charge on any atom is 0.150 e. The zero-order chi connectivity index (χ0) is 20.5. The number of rotatable bonds is 13. The molecule has 2 aromatic rings. The number of unbranched alkanes of at least 4 members (excludes halogenated alkanes) is 6. The average molecular weight is 393 g/mol. The first-order valence-electron chi connectivity index (χ1n) is 11.6. The Morgan fingerprint density at radius 1 is 0.759 bits per heavy atom. The van der Waals surface area contributed by atoms with Gasteiger partial charge >= 0.3 is 0 Å². The summed E-state index contributed by atoms with van der Waals surface area (Å²) in [7, 11) is 0. The fourth-order valence-corrected chi connectivity index (χ4v) is 4.69. The lowest BCUT2D eigenvalue weighted by atomic mass is 9.73. The van der Waals surface area contributed by atoms with E-state index in [-0.39, 0.29) is 0 Å². The van der Waals surface area contributed by atoms with Crippen LogP contribution >= 0.6 is 0 Å². The largest absolute Gasteiger partial charge is 0.380 e. The highest BCUT2D eigenvalue weighted by atomic mass is 16.5. The molecule has 0 aliphatic heterocycles. The molecule has 0 atom stereocenters. The summed E-state index contributed by atoms with van der Waals surface area (Å²) in [5.74, 6) is 0.319. The second-order valence-electron chi connectivity index (χ2n) is 8.34. The topological polar surface area (TPSA) is 26.3 Å². The summed E-state index contributed by atoms with van der Waals surface area (Å²) in [4.78, 5) is 13.7. The van der Waals surface area contributed by atoms with E-state index in [9.17, 15) is 4.79 Å². The standard InChI is InChI=1S/C27H36O2/c1-3-5-6-7-8-9-10-19-26(28)27(21-29-20-4-2)24-17-13-11-15-22(24)23-16-12-14-18-25(23)27/h11-18H,3-10,19-21H2,1-2H3. The summed E-state index contributed by atoms with van der Waals surface area (Å²) >= 11 is 0. The molecule has 0 bridgehead atoms. The SMILES string of the molecule is CCCCCCCCCC(=O)C1(COCCC)c2ccccc2-c2ccccc21. The third kappa shape index (κ3) is 4.64. The Balaban J connectivity index is 1.80. The maximum atomic E-state index is 13.7. The van der Waals surface area contributed by atoms with Crippen molar-refractivity contribution in [2.45, 2.75) is 77.0 Å². The molecule has 0 fully saturated rings. The minimum atomic E-state index is -0.648. The molecule has 156 valence electrons. The summed E-state index contributed by atoms with van der Waals surface area (Å²) < 4.78 is 6.06. The molecule has 0 unspecified atom stereocenters. The fraction of sp³-hybridized carbons (Fsp3) is 0.519. The summed E-state index contributed by atoms with van der Waals surface area (Å²) in [5, 5.41) is 0. The van der Waals surface area contributed by atoms with Gasteiger partial charge in [0, 0.05) is 13.0 Å². The van der Waals surface area contributed by atoms with E-state index in [4.69, 9.17) is 4.74 Å². The summed E-state index contributed by atoms with van der Waals surface area (Å²) in [5.41, 5.74) is 3.99. The van der Waals surface area contributed by atoms with Gasteiger partial charge in [-0.2, -0.15) is 0 Å². The van der Waals surface area contributed by atoms with E-state index in [2.05, 4.69) is 62.4 Å². The smallest absolute Gasteiger partial charge is 0.150 e. The van der Waals surface area contributed by atoms with E-state index in [0.29, 0.717) is 25.4 Å². The third-order valence-corrected chi connectivity index (χ3v) is 6.21. The van der Waals surface area contributed by atoms with Gasteiger partial charge in [0.25, 0.3) is 0 Å². The number of Topliss-reactive ketones (excluding diaryl/α,β-unsaturated/α-hetero) is 1. The molecule has 0 heterocycles. The first-order valence-corrected chi connectivity index (χ1v) is 11.6.